The van der Waals surface area contributed by atoms with E-state index in [0.717, 1.165) is 56.7 Å². The summed E-state index contributed by atoms with van der Waals surface area (Å²) < 4.78 is 5.45. The van der Waals surface area contributed by atoms with E-state index in [9.17, 15) is 9.90 Å². The lowest BCUT2D eigenvalue weighted by molar-refractivity contribution is -0.147. The first-order chi connectivity index (χ1) is 11.1. The number of hydrogen-bond acceptors (Lipinski definition) is 4. The Labute approximate surface area is 137 Å². The molecule has 3 rings (SSSR count). The zero-order valence-electron chi connectivity index (χ0n) is 13.9. The van der Waals surface area contributed by atoms with E-state index in [-0.39, 0.29) is 11.3 Å². The van der Waals surface area contributed by atoms with Gasteiger partial charge < -0.3 is 14.8 Å². The van der Waals surface area contributed by atoms with Crippen LogP contribution in [-0.2, 0) is 22.5 Å². The first-order valence-corrected chi connectivity index (χ1v) is 8.68. The fraction of sp³-hybridized carbons (Fsp3) is 0.765. The van der Waals surface area contributed by atoms with Gasteiger partial charge in [0.2, 0.25) is 0 Å². The molecule has 0 amide bonds. The third kappa shape index (κ3) is 3.58. The largest absolute Gasteiger partial charge is 0.481 e. The maximum absolute atomic E-state index is 11.7. The number of nitrogens with one attached hydrogen (secondary N) is 1. The van der Waals surface area contributed by atoms with E-state index in [4.69, 9.17) is 4.74 Å². The van der Waals surface area contributed by atoms with Crippen molar-refractivity contribution in [2.75, 3.05) is 26.3 Å². The van der Waals surface area contributed by atoms with Gasteiger partial charge in [0.25, 0.3) is 0 Å². The lowest BCUT2D eigenvalue weighted by atomic mass is 9.72. The summed E-state index contributed by atoms with van der Waals surface area (Å²) >= 11 is 0. The molecular formula is C17H27N3O3. The summed E-state index contributed by atoms with van der Waals surface area (Å²) in [5, 5.41) is 9.63. The molecule has 128 valence electrons. The van der Waals surface area contributed by atoms with Crippen LogP contribution in [0.5, 0.6) is 0 Å². The molecule has 0 aromatic carbocycles. The number of nitrogens with zero attached hydrogens (tertiary/aromatic N) is 2. The Kier molecular flexibility index (Phi) is 5.02. The van der Waals surface area contributed by atoms with Crippen molar-refractivity contribution in [3.8, 4) is 0 Å². The Balaban J connectivity index is 1.65. The van der Waals surface area contributed by atoms with Crippen LogP contribution >= 0.6 is 0 Å². The van der Waals surface area contributed by atoms with E-state index in [1.165, 1.54) is 0 Å². The predicted octanol–water partition coefficient (Wildman–Crippen LogP) is 2.07. The second-order valence-corrected chi connectivity index (χ2v) is 6.99. The molecule has 3 heterocycles. The van der Waals surface area contributed by atoms with Crippen LogP contribution in [0, 0.1) is 11.3 Å². The number of hydrogen-bond donors (Lipinski definition) is 2. The van der Waals surface area contributed by atoms with Crippen molar-refractivity contribution in [3.63, 3.8) is 0 Å². The molecule has 2 aliphatic rings. The van der Waals surface area contributed by atoms with E-state index >= 15 is 0 Å². The lowest BCUT2D eigenvalue weighted by Gasteiger charge is -2.36. The number of aromatic amines is 1. The number of ether oxygens (including phenoxy) is 1. The predicted molar refractivity (Wildman–Crippen MR) is 86.1 cm³/mol. The number of imidazole rings is 1. The van der Waals surface area contributed by atoms with Gasteiger partial charge in [0.05, 0.1) is 5.92 Å². The summed E-state index contributed by atoms with van der Waals surface area (Å²) in [6, 6.07) is 0. The Morgan fingerprint density at radius 1 is 1.52 bits per heavy atom. The number of unbranched alkanes of at least 4 members (excludes halogenated alkanes) is 1. The normalized spacial score (nSPS) is 24.3. The van der Waals surface area contributed by atoms with Gasteiger partial charge >= 0.3 is 5.97 Å². The van der Waals surface area contributed by atoms with Crippen molar-refractivity contribution in [3.05, 3.63) is 17.7 Å². The van der Waals surface area contributed by atoms with Crippen molar-refractivity contribution in [1.29, 1.82) is 0 Å². The van der Waals surface area contributed by atoms with E-state index in [1.807, 2.05) is 6.20 Å². The van der Waals surface area contributed by atoms with Crippen molar-refractivity contribution in [2.24, 2.45) is 11.3 Å². The van der Waals surface area contributed by atoms with Crippen LogP contribution in [0.4, 0.5) is 0 Å². The van der Waals surface area contributed by atoms with Crippen LogP contribution in [0.15, 0.2) is 6.20 Å². The Morgan fingerprint density at radius 2 is 2.30 bits per heavy atom. The molecule has 1 unspecified atom stereocenters. The van der Waals surface area contributed by atoms with Crippen LogP contribution in [-0.4, -0.2) is 52.2 Å². The van der Waals surface area contributed by atoms with Crippen LogP contribution < -0.4 is 0 Å². The average molecular weight is 321 g/mol. The van der Waals surface area contributed by atoms with E-state index < -0.39 is 5.97 Å². The summed E-state index contributed by atoms with van der Waals surface area (Å²) in [7, 11) is 0. The van der Waals surface area contributed by atoms with Crippen LogP contribution in [0.2, 0.25) is 0 Å². The Morgan fingerprint density at radius 3 is 3.00 bits per heavy atom. The summed E-state index contributed by atoms with van der Waals surface area (Å²) in [6.45, 7) is 5.76. The quantitative estimate of drug-likeness (QED) is 0.838. The summed E-state index contributed by atoms with van der Waals surface area (Å²) in [6.07, 6.45) is 6.88. The number of aromatic nitrogens is 2. The van der Waals surface area contributed by atoms with Crippen molar-refractivity contribution >= 4 is 5.97 Å². The van der Waals surface area contributed by atoms with E-state index in [2.05, 4.69) is 21.8 Å². The van der Waals surface area contributed by atoms with E-state index in [1.54, 1.807) is 0 Å². The zero-order chi connectivity index (χ0) is 16.3. The molecule has 0 radical (unpaired) electrons. The average Bonchev–Trinajstić information content (AvgIpc) is 3.11. The lowest BCUT2D eigenvalue weighted by Crippen LogP contribution is -2.40. The van der Waals surface area contributed by atoms with Crippen molar-refractivity contribution in [2.45, 2.75) is 45.6 Å². The minimum Gasteiger partial charge on any atom is -0.481 e. The highest BCUT2D eigenvalue weighted by molar-refractivity contribution is 5.72. The van der Waals surface area contributed by atoms with E-state index in [0.29, 0.717) is 19.8 Å². The first kappa shape index (κ1) is 16.5. The number of carbonyl (C=O) groups is 1. The molecule has 2 N–H and O–H groups in total. The van der Waals surface area contributed by atoms with Gasteiger partial charge in [-0.05, 0) is 19.3 Å². The Bertz CT molecular complexity index is 537. The third-order valence-electron chi connectivity index (χ3n) is 5.35. The number of rotatable bonds is 6. The molecule has 6 heteroatoms. The maximum atomic E-state index is 11.7. The molecule has 1 spiro atoms. The van der Waals surface area contributed by atoms with Gasteiger partial charge in [0, 0.05) is 56.6 Å². The van der Waals surface area contributed by atoms with Gasteiger partial charge in [-0.1, -0.05) is 13.3 Å². The second kappa shape index (κ2) is 7.01. The number of aliphatic carboxylic acids is 1. The molecule has 1 aromatic rings. The zero-order valence-corrected chi connectivity index (χ0v) is 13.9. The van der Waals surface area contributed by atoms with Gasteiger partial charge in [-0.2, -0.15) is 0 Å². The molecular weight excluding hydrogens is 294 g/mol. The van der Waals surface area contributed by atoms with Gasteiger partial charge in [0.15, 0.2) is 0 Å². The molecule has 23 heavy (non-hydrogen) atoms. The molecule has 1 aromatic heterocycles. The standard InChI is InChI=1S/C17H27N3O3/c1-2-3-4-15-18-9-13(19-15)10-20-11-14(16(21)22)17(12-20)5-7-23-8-6-17/h9,14H,2-8,10-12H2,1H3,(H,18,19)(H,21,22). The summed E-state index contributed by atoms with van der Waals surface area (Å²) in [5.74, 6) is 0.0909. The molecule has 2 aliphatic heterocycles. The third-order valence-corrected chi connectivity index (χ3v) is 5.35. The van der Waals surface area contributed by atoms with Gasteiger partial charge in [-0.3, -0.25) is 9.69 Å². The van der Waals surface area contributed by atoms with Gasteiger partial charge in [0.1, 0.15) is 5.82 Å². The smallest absolute Gasteiger partial charge is 0.308 e. The first-order valence-electron chi connectivity index (χ1n) is 8.68. The fourth-order valence-electron chi connectivity index (χ4n) is 4.02. The van der Waals surface area contributed by atoms with Crippen LogP contribution in [0.25, 0.3) is 0 Å². The topological polar surface area (TPSA) is 78.5 Å². The second-order valence-electron chi connectivity index (χ2n) is 6.99. The molecule has 2 fully saturated rings. The Hall–Kier alpha value is -1.40. The highest BCUT2D eigenvalue weighted by Crippen LogP contribution is 2.44. The van der Waals surface area contributed by atoms with Crippen LogP contribution in [0.3, 0.4) is 0 Å². The number of H-pyrrole nitrogens is 1. The molecule has 1 atom stereocenters. The fourth-order valence-corrected chi connectivity index (χ4v) is 4.02. The molecule has 6 nitrogen and oxygen atoms in total. The number of carboxylic acid groups (broad SMARTS) is 1. The molecule has 0 saturated carbocycles. The van der Waals surface area contributed by atoms with Gasteiger partial charge in [-0.15, -0.1) is 0 Å². The van der Waals surface area contributed by atoms with Crippen molar-refractivity contribution < 1.29 is 14.6 Å². The summed E-state index contributed by atoms with van der Waals surface area (Å²) in [5.41, 5.74) is 0.971. The minimum atomic E-state index is -0.664. The van der Waals surface area contributed by atoms with Crippen molar-refractivity contribution in [1.82, 2.24) is 14.9 Å². The van der Waals surface area contributed by atoms with Gasteiger partial charge in [-0.25, -0.2) is 4.98 Å². The highest BCUT2D eigenvalue weighted by atomic mass is 16.5. The monoisotopic (exact) mass is 321 g/mol. The molecule has 0 aliphatic carbocycles. The SMILES string of the molecule is CCCCc1ncc(CN2CC(C(=O)O)C3(CCOCC3)C2)[nH]1. The minimum absolute atomic E-state index is 0.116. The molecule has 2 saturated heterocycles. The number of likely N-dealkylation sites (tertiary alicyclic amines) is 1. The number of aryl methyl sites for hydroxylation is 1. The number of carboxylic acids is 1. The summed E-state index contributed by atoms with van der Waals surface area (Å²) in [4.78, 5) is 21.8. The van der Waals surface area contributed by atoms with Crippen LogP contribution in [0.1, 0.15) is 44.1 Å². The molecule has 0 bridgehead atoms. The maximum Gasteiger partial charge on any atom is 0.308 e. The highest BCUT2D eigenvalue weighted by Gasteiger charge is 2.50.